The van der Waals surface area contributed by atoms with Gasteiger partial charge < -0.3 is 15.1 Å². The molecule has 2 N–H and O–H groups in total. The van der Waals surface area contributed by atoms with Crippen LogP contribution in [0, 0.1) is 12.8 Å². The second kappa shape index (κ2) is 5.30. The molecule has 1 unspecified atom stereocenters. The van der Waals surface area contributed by atoms with E-state index in [9.17, 15) is 14.7 Å². The number of carboxylic acids is 1. The summed E-state index contributed by atoms with van der Waals surface area (Å²) < 4.78 is 0.580. The maximum atomic E-state index is 12.0. The lowest BCUT2D eigenvalue weighted by Gasteiger charge is -2.21. The Balaban J connectivity index is 2.50. The zero-order valence-corrected chi connectivity index (χ0v) is 12.0. The zero-order valence-electron chi connectivity index (χ0n) is 10.4. The summed E-state index contributed by atoms with van der Waals surface area (Å²) in [6.45, 7) is 2.06. The minimum absolute atomic E-state index is 0.0753. The molecule has 0 saturated carbocycles. The molecule has 0 bridgehead atoms. The molecule has 102 valence electrons. The number of carbonyl (C=O) groups is 2. The number of rotatable bonds is 3. The smallest absolute Gasteiger partial charge is 0.337 e. The fourth-order valence-corrected chi connectivity index (χ4v) is 3.08. The molecule has 1 aliphatic rings. The number of anilines is 1. The summed E-state index contributed by atoms with van der Waals surface area (Å²) in [4.78, 5) is 24.7. The molecular formula is C13H14BrNO4. The quantitative estimate of drug-likeness (QED) is 0.887. The fourth-order valence-electron chi connectivity index (χ4n) is 2.29. The highest BCUT2D eigenvalue weighted by atomic mass is 79.9. The van der Waals surface area contributed by atoms with E-state index in [0.29, 0.717) is 16.7 Å². The van der Waals surface area contributed by atoms with Crippen LogP contribution in [0.3, 0.4) is 0 Å². The number of halogens is 1. The van der Waals surface area contributed by atoms with Gasteiger partial charge in [0, 0.05) is 30.0 Å². The summed E-state index contributed by atoms with van der Waals surface area (Å²) in [5.41, 5.74) is 1.27. The van der Waals surface area contributed by atoms with Gasteiger partial charge in [-0.15, -0.1) is 0 Å². The largest absolute Gasteiger partial charge is 0.478 e. The van der Waals surface area contributed by atoms with Crippen molar-refractivity contribution in [3.05, 3.63) is 27.7 Å². The van der Waals surface area contributed by atoms with Crippen LogP contribution in [-0.4, -0.2) is 35.2 Å². The van der Waals surface area contributed by atoms with Gasteiger partial charge in [0.05, 0.1) is 11.3 Å². The van der Waals surface area contributed by atoms with Gasteiger partial charge in [0.2, 0.25) is 5.91 Å². The number of aryl methyl sites for hydroxylation is 1. The molecule has 0 spiro atoms. The Hall–Kier alpha value is -1.40. The summed E-state index contributed by atoms with van der Waals surface area (Å²) in [7, 11) is 0. The van der Waals surface area contributed by atoms with Crippen molar-refractivity contribution in [1.29, 1.82) is 0 Å². The molecule has 6 heteroatoms. The molecule has 0 aliphatic carbocycles. The number of aliphatic hydroxyl groups excluding tert-OH is 1. The Kier molecular flexibility index (Phi) is 3.91. The molecule has 2 rings (SSSR count). The van der Waals surface area contributed by atoms with E-state index in [1.165, 1.54) is 4.90 Å². The van der Waals surface area contributed by atoms with Crippen molar-refractivity contribution in [1.82, 2.24) is 0 Å². The average Bonchev–Trinajstić information content (AvgIpc) is 2.69. The number of hydrogen-bond donors (Lipinski definition) is 2. The number of nitrogens with zero attached hydrogens (tertiary/aromatic N) is 1. The van der Waals surface area contributed by atoms with E-state index < -0.39 is 5.97 Å². The maximum Gasteiger partial charge on any atom is 0.337 e. The van der Waals surface area contributed by atoms with Crippen molar-refractivity contribution in [3.63, 3.8) is 0 Å². The Morgan fingerprint density at radius 3 is 2.74 bits per heavy atom. The highest BCUT2D eigenvalue weighted by Gasteiger charge is 2.33. The van der Waals surface area contributed by atoms with Crippen LogP contribution in [-0.2, 0) is 4.79 Å². The summed E-state index contributed by atoms with van der Waals surface area (Å²) in [6.07, 6.45) is 0.246. The first-order valence-electron chi connectivity index (χ1n) is 5.88. The fraction of sp³-hybridized carbons (Fsp3) is 0.385. The topological polar surface area (TPSA) is 77.8 Å². The average molecular weight is 328 g/mol. The van der Waals surface area contributed by atoms with Gasteiger partial charge >= 0.3 is 5.97 Å². The number of aromatic carboxylic acids is 1. The van der Waals surface area contributed by atoms with Crippen LogP contribution in [0.25, 0.3) is 0 Å². The second-order valence-electron chi connectivity index (χ2n) is 4.71. The molecule has 1 aromatic rings. The number of benzene rings is 1. The summed E-state index contributed by atoms with van der Waals surface area (Å²) in [6, 6.07) is 3.32. The molecule has 0 radical (unpaired) electrons. The monoisotopic (exact) mass is 327 g/mol. The standard InChI is InChI=1S/C13H14BrNO4/c1-7-2-9(13(18)19)12(10(14)3-7)15-5-8(6-16)4-11(15)17/h2-3,8,16H,4-6H2,1H3,(H,18,19). The van der Waals surface area contributed by atoms with Gasteiger partial charge in [0.1, 0.15) is 0 Å². The third-order valence-electron chi connectivity index (χ3n) is 3.17. The van der Waals surface area contributed by atoms with Gasteiger partial charge in [0.15, 0.2) is 0 Å². The van der Waals surface area contributed by atoms with E-state index in [-0.39, 0.29) is 30.4 Å². The van der Waals surface area contributed by atoms with Crippen molar-refractivity contribution < 1.29 is 19.8 Å². The van der Waals surface area contributed by atoms with E-state index in [2.05, 4.69) is 15.9 Å². The molecule has 5 nitrogen and oxygen atoms in total. The number of carboxylic acid groups (broad SMARTS) is 1. The van der Waals surface area contributed by atoms with Crippen LogP contribution in [0.1, 0.15) is 22.3 Å². The third kappa shape index (κ3) is 2.64. The maximum absolute atomic E-state index is 12.0. The Labute approximate surface area is 119 Å². The molecule has 1 heterocycles. The summed E-state index contributed by atoms with van der Waals surface area (Å²) in [5.74, 6) is -1.37. The van der Waals surface area contributed by atoms with Crippen molar-refractivity contribution >= 4 is 33.5 Å². The first kappa shape index (κ1) is 14.0. The van der Waals surface area contributed by atoms with Crippen molar-refractivity contribution in [2.75, 3.05) is 18.1 Å². The van der Waals surface area contributed by atoms with E-state index in [1.807, 2.05) is 0 Å². The molecule has 19 heavy (non-hydrogen) atoms. The molecule has 1 aromatic carbocycles. The molecule has 1 amide bonds. The second-order valence-corrected chi connectivity index (χ2v) is 5.56. The molecule has 1 fully saturated rings. The highest BCUT2D eigenvalue weighted by Crippen LogP contribution is 2.35. The van der Waals surface area contributed by atoms with Gasteiger partial charge in [-0.2, -0.15) is 0 Å². The lowest BCUT2D eigenvalue weighted by molar-refractivity contribution is -0.117. The van der Waals surface area contributed by atoms with E-state index in [4.69, 9.17) is 5.11 Å². The first-order chi connectivity index (χ1) is 8.93. The molecule has 0 aromatic heterocycles. The van der Waals surface area contributed by atoms with Crippen LogP contribution in [0.5, 0.6) is 0 Å². The third-order valence-corrected chi connectivity index (χ3v) is 3.78. The molecule has 1 aliphatic heterocycles. The normalized spacial score (nSPS) is 19.0. The Bertz CT molecular complexity index is 544. The van der Waals surface area contributed by atoms with Crippen LogP contribution in [0.2, 0.25) is 0 Å². The van der Waals surface area contributed by atoms with Crippen molar-refractivity contribution in [3.8, 4) is 0 Å². The number of amides is 1. The van der Waals surface area contributed by atoms with Gasteiger partial charge in [-0.05, 0) is 40.5 Å². The van der Waals surface area contributed by atoms with E-state index >= 15 is 0 Å². The number of aliphatic hydroxyl groups is 1. The predicted molar refractivity (Wildman–Crippen MR) is 73.4 cm³/mol. The number of carbonyl (C=O) groups excluding carboxylic acids is 1. The van der Waals surface area contributed by atoms with Crippen LogP contribution in [0.15, 0.2) is 16.6 Å². The lowest BCUT2D eigenvalue weighted by atomic mass is 10.1. The van der Waals surface area contributed by atoms with Gasteiger partial charge in [-0.25, -0.2) is 4.79 Å². The first-order valence-corrected chi connectivity index (χ1v) is 6.68. The van der Waals surface area contributed by atoms with Crippen LogP contribution in [0.4, 0.5) is 5.69 Å². The van der Waals surface area contributed by atoms with Gasteiger partial charge in [-0.1, -0.05) is 0 Å². The zero-order chi connectivity index (χ0) is 14.2. The molecular weight excluding hydrogens is 314 g/mol. The van der Waals surface area contributed by atoms with Crippen molar-refractivity contribution in [2.45, 2.75) is 13.3 Å². The highest BCUT2D eigenvalue weighted by molar-refractivity contribution is 9.10. The lowest BCUT2D eigenvalue weighted by Crippen LogP contribution is -2.27. The number of hydrogen-bond acceptors (Lipinski definition) is 3. The van der Waals surface area contributed by atoms with Crippen LogP contribution >= 0.6 is 15.9 Å². The van der Waals surface area contributed by atoms with Crippen molar-refractivity contribution in [2.24, 2.45) is 5.92 Å². The minimum atomic E-state index is -1.07. The Morgan fingerprint density at radius 2 is 2.21 bits per heavy atom. The molecule has 1 atom stereocenters. The van der Waals surface area contributed by atoms with E-state index in [1.54, 1.807) is 19.1 Å². The minimum Gasteiger partial charge on any atom is -0.478 e. The SMILES string of the molecule is Cc1cc(Br)c(N2CC(CO)CC2=O)c(C(=O)O)c1. The van der Waals surface area contributed by atoms with Gasteiger partial charge in [0.25, 0.3) is 0 Å². The van der Waals surface area contributed by atoms with Crippen LogP contribution < -0.4 is 4.90 Å². The predicted octanol–water partition coefficient (Wildman–Crippen LogP) is 1.80. The summed E-state index contributed by atoms with van der Waals surface area (Å²) >= 11 is 3.33. The Morgan fingerprint density at radius 1 is 1.53 bits per heavy atom. The van der Waals surface area contributed by atoms with E-state index in [0.717, 1.165) is 5.56 Å². The molecule has 1 saturated heterocycles. The summed E-state index contributed by atoms with van der Waals surface area (Å²) in [5, 5.41) is 18.4. The van der Waals surface area contributed by atoms with Gasteiger partial charge in [-0.3, -0.25) is 4.79 Å².